The van der Waals surface area contributed by atoms with Crippen molar-refractivity contribution in [3.8, 4) is 0 Å². The van der Waals surface area contributed by atoms with E-state index in [-0.39, 0.29) is 31.1 Å². The third-order valence-corrected chi connectivity index (χ3v) is 5.68. The molecule has 236 valence electrons. The van der Waals surface area contributed by atoms with Crippen molar-refractivity contribution in [3.05, 3.63) is 139 Å². The van der Waals surface area contributed by atoms with E-state index in [0.29, 0.717) is 17.8 Å². The van der Waals surface area contributed by atoms with E-state index in [4.69, 9.17) is 15.3 Å². The zero-order valence-electron chi connectivity index (χ0n) is 25.6. The highest BCUT2D eigenvalue weighted by Gasteiger charge is 2.20. The monoisotopic (exact) mass is 611 g/mol. The molecule has 0 spiro atoms. The number of allylic oxidation sites excluding steroid dienone is 3. The predicted molar refractivity (Wildman–Crippen MR) is 178 cm³/mol. The average molecular weight is 612 g/mol. The minimum Gasteiger partial charge on any atom is -0.445 e. The minimum atomic E-state index is -0.698. The summed E-state index contributed by atoms with van der Waals surface area (Å²) in [6.07, 6.45) is 4.84. The van der Waals surface area contributed by atoms with E-state index < -0.39 is 18.0 Å². The van der Waals surface area contributed by atoms with Crippen LogP contribution in [-0.4, -0.2) is 35.9 Å². The molecule has 0 aliphatic rings. The number of benzene rings is 3. The maximum absolute atomic E-state index is 13.0. The number of hydrogen-bond donors (Lipinski definition) is 4. The van der Waals surface area contributed by atoms with Crippen LogP contribution in [0, 0.1) is 0 Å². The second-order valence-corrected chi connectivity index (χ2v) is 9.40. The summed E-state index contributed by atoms with van der Waals surface area (Å²) in [5.41, 5.74) is 13.7. The van der Waals surface area contributed by atoms with Crippen LogP contribution in [0.25, 0.3) is 0 Å². The first-order chi connectivity index (χ1) is 21.6. The molecular weight excluding hydrogens is 570 g/mol. The van der Waals surface area contributed by atoms with Gasteiger partial charge >= 0.3 is 6.09 Å². The van der Waals surface area contributed by atoms with Gasteiger partial charge in [-0.2, -0.15) is 0 Å². The number of nitrogens with one attached hydrogen (secondary N) is 2. The number of nitrogens with two attached hydrogens (primary N) is 2. The van der Waals surface area contributed by atoms with Crippen molar-refractivity contribution in [1.82, 2.24) is 10.6 Å². The highest BCUT2D eigenvalue weighted by molar-refractivity contribution is 6.44. The number of rotatable bonds is 12. The van der Waals surface area contributed by atoms with Gasteiger partial charge in [-0.25, -0.2) is 9.79 Å². The van der Waals surface area contributed by atoms with Crippen molar-refractivity contribution in [1.29, 1.82) is 0 Å². The molecule has 1 unspecified atom stereocenters. The molecule has 45 heavy (non-hydrogen) atoms. The maximum atomic E-state index is 13.0. The Morgan fingerprint density at radius 3 is 1.89 bits per heavy atom. The highest BCUT2D eigenvalue weighted by Crippen LogP contribution is 2.15. The lowest BCUT2D eigenvalue weighted by Gasteiger charge is -2.16. The minimum absolute atomic E-state index is 0.0830. The van der Waals surface area contributed by atoms with Crippen molar-refractivity contribution >= 4 is 35.6 Å². The van der Waals surface area contributed by atoms with Crippen LogP contribution in [0.1, 0.15) is 30.5 Å². The molecule has 0 aliphatic heterocycles. The molecule has 3 aromatic rings. The first-order valence-electron chi connectivity index (χ1n) is 13.9. The lowest BCUT2D eigenvalue weighted by molar-refractivity contribution is -0.123. The Morgan fingerprint density at radius 2 is 1.40 bits per heavy atom. The fourth-order valence-electron chi connectivity index (χ4n) is 3.52. The van der Waals surface area contributed by atoms with E-state index in [1.54, 1.807) is 43.3 Å². The summed E-state index contributed by atoms with van der Waals surface area (Å²) >= 11 is 0. The number of ether oxygens (including phenoxy) is 1. The Bertz CT molecular complexity index is 1430. The molecule has 3 amide bonds. The molecule has 0 fully saturated rings. The largest absolute Gasteiger partial charge is 0.445 e. The van der Waals surface area contributed by atoms with E-state index in [9.17, 15) is 14.4 Å². The Hall–Kier alpha value is -5.77. The normalized spacial score (nSPS) is 11.2. The van der Waals surface area contributed by atoms with Crippen LogP contribution in [0.15, 0.2) is 127 Å². The van der Waals surface area contributed by atoms with Gasteiger partial charge < -0.3 is 26.8 Å². The number of alkyl carbamates (subject to hydrolysis) is 1. The van der Waals surface area contributed by atoms with Crippen LogP contribution in [0.2, 0.25) is 0 Å². The van der Waals surface area contributed by atoms with Gasteiger partial charge in [0.15, 0.2) is 5.78 Å². The second kappa shape index (κ2) is 21.9. The quantitative estimate of drug-likeness (QED) is 0.130. The molecule has 0 saturated heterocycles. The zero-order chi connectivity index (χ0) is 33.5. The molecule has 3 aromatic carbocycles. The van der Waals surface area contributed by atoms with Gasteiger partial charge in [-0.15, -0.1) is 0 Å². The lowest BCUT2D eigenvalue weighted by Crippen LogP contribution is -2.44. The number of nitrogens with zero attached hydrogens (tertiary/aromatic N) is 1. The Labute approximate surface area is 264 Å². The first-order valence-corrected chi connectivity index (χ1v) is 13.9. The summed E-state index contributed by atoms with van der Waals surface area (Å²) < 4.78 is 5.22. The second-order valence-electron chi connectivity index (χ2n) is 9.40. The highest BCUT2D eigenvalue weighted by atomic mass is 16.5. The van der Waals surface area contributed by atoms with E-state index in [1.807, 2.05) is 60.7 Å². The van der Waals surface area contributed by atoms with Crippen molar-refractivity contribution in [2.24, 2.45) is 16.5 Å². The van der Waals surface area contributed by atoms with Gasteiger partial charge in [0.1, 0.15) is 12.3 Å². The standard InChI is InChI=1S/C30H32N4O4.C4H6.CH3NO/c1-21(31)17-28(29(36)34-27(22(2)35)18-23-9-5-3-6-10-23)33-26-15-13-24(14-16-26)19-32-30(37)38-20-25-11-7-4-8-12-25;1-3-4-2;2-1-3/h3-17,27H,18-20,31H2,1-2H3,(H,32,37)(H,34,36);3-4H,1-2H2;1H,(H2,2,3)/b21-17-,33-28?;;. The number of primary amides is 1. The summed E-state index contributed by atoms with van der Waals surface area (Å²) in [7, 11) is 0. The molecule has 10 heteroatoms. The Balaban J connectivity index is 0.00000131. The van der Waals surface area contributed by atoms with E-state index in [1.165, 1.54) is 13.0 Å². The molecule has 0 bridgehead atoms. The maximum Gasteiger partial charge on any atom is 0.407 e. The molecule has 0 heterocycles. The molecular formula is C35H41N5O5. The van der Waals surface area contributed by atoms with Gasteiger partial charge in [-0.1, -0.05) is 98.1 Å². The van der Waals surface area contributed by atoms with Gasteiger partial charge in [0.25, 0.3) is 5.91 Å². The molecule has 0 radical (unpaired) electrons. The lowest BCUT2D eigenvalue weighted by atomic mass is 10.0. The van der Waals surface area contributed by atoms with Crippen LogP contribution in [0.5, 0.6) is 0 Å². The number of carbonyl (C=O) groups is 4. The average Bonchev–Trinajstić information content (AvgIpc) is 3.04. The van der Waals surface area contributed by atoms with Crippen LogP contribution < -0.4 is 22.1 Å². The number of Topliss-reactive ketones (excluding diaryl/α,β-unsaturated/α-hetero) is 1. The predicted octanol–water partition coefficient (Wildman–Crippen LogP) is 4.82. The topological polar surface area (TPSA) is 166 Å². The fraction of sp³-hybridized carbons (Fsp3) is 0.171. The van der Waals surface area contributed by atoms with Gasteiger partial charge in [0, 0.05) is 12.2 Å². The molecule has 1 atom stereocenters. The number of aliphatic imine (C=N–C) groups is 1. The Kier molecular flexibility index (Phi) is 18.1. The number of hydrogen-bond acceptors (Lipinski definition) is 7. The molecule has 6 N–H and O–H groups in total. The van der Waals surface area contributed by atoms with Crippen LogP contribution in [-0.2, 0) is 38.7 Å². The molecule has 0 saturated carbocycles. The zero-order valence-corrected chi connectivity index (χ0v) is 25.6. The van der Waals surface area contributed by atoms with E-state index in [0.717, 1.165) is 16.7 Å². The summed E-state index contributed by atoms with van der Waals surface area (Å²) in [6.45, 7) is 10.3. The molecule has 0 aromatic heterocycles. The number of amides is 3. The number of carbonyl (C=O) groups excluding carboxylic acids is 4. The van der Waals surface area contributed by atoms with Crippen molar-refractivity contribution in [3.63, 3.8) is 0 Å². The van der Waals surface area contributed by atoms with Gasteiger partial charge in [0.2, 0.25) is 6.41 Å². The van der Waals surface area contributed by atoms with Gasteiger partial charge in [0.05, 0.1) is 11.7 Å². The summed E-state index contributed by atoms with van der Waals surface area (Å²) in [4.78, 5) is 50.3. The Morgan fingerprint density at radius 1 is 0.867 bits per heavy atom. The molecule has 10 nitrogen and oxygen atoms in total. The third-order valence-electron chi connectivity index (χ3n) is 5.68. The van der Waals surface area contributed by atoms with Crippen LogP contribution >= 0.6 is 0 Å². The van der Waals surface area contributed by atoms with Gasteiger partial charge in [-0.3, -0.25) is 14.4 Å². The fourth-order valence-corrected chi connectivity index (χ4v) is 3.52. The van der Waals surface area contributed by atoms with E-state index >= 15 is 0 Å². The SMILES string of the molecule is C=CC=C.CC(=O)C(Cc1ccccc1)NC(=O)C(/C=C(/C)N)=Nc1ccc(CNC(=O)OCc2ccccc2)cc1.NC=O. The van der Waals surface area contributed by atoms with Crippen molar-refractivity contribution in [2.75, 3.05) is 0 Å². The molecule has 3 rings (SSSR count). The van der Waals surface area contributed by atoms with Gasteiger partial charge in [-0.05, 0) is 55.2 Å². The third kappa shape index (κ3) is 16.5. The summed E-state index contributed by atoms with van der Waals surface area (Å²) in [6, 6.07) is 25.2. The number of ketones is 1. The van der Waals surface area contributed by atoms with E-state index in [2.05, 4.69) is 34.5 Å². The summed E-state index contributed by atoms with van der Waals surface area (Å²) in [5, 5.41) is 5.48. The van der Waals surface area contributed by atoms with Crippen LogP contribution in [0.3, 0.4) is 0 Å². The summed E-state index contributed by atoms with van der Waals surface area (Å²) in [5.74, 6) is -0.660. The smallest absolute Gasteiger partial charge is 0.407 e. The molecule has 0 aliphatic carbocycles. The van der Waals surface area contributed by atoms with Crippen LogP contribution in [0.4, 0.5) is 10.5 Å². The van der Waals surface area contributed by atoms with Crippen molar-refractivity contribution < 1.29 is 23.9 Å². The van der Waals surface area contributed by atoms with Crippen molar-refractivity contribution in [2.45, 2.75) is 39.5 Å². The first kappa shape index (κ1) is 37.3.